The maximum atomic E-state index is 13.4. The van der Waals surface area contributed by atoms with E-state index in [0.29, 0.717) is 11.4 Å². The fourth-order valence-corrected chi connectivity index (χ4v) is 4.18. The third-order valence-corrected chi connectivity index (χ3v) is 6.21. The fraction of sp³-hybridized carbons (Fsp3) is 0.296. The molecule has 1 heterocycles. The molecule has 0 bridgehead atoms. The van der Waals surface area contributed by atoms with Crippen molar-refractivity contribution in [3.8, 4) is 11.5 Å². The number of rotatable bonds is 9. The van der Waals surface area contributed by atoms with Gasteiger partial charge in [0.2, 0.25) is 11.8 Å². The van der Waals surface area contributed by atoms with Gasteiger partial charge in [0.05, 0.1) is 6.26 Å². The molecule has 0 atom stereocenters. The van der Waals surface area contributed by atoms with Gasteiger partial charge in [0.15, 0.2) is 17.4 Å². The number of anilines is 1. The Kier molecular flexibility index (Phi) is 8.17. The molecule has 1 fully saturated rings. The molecule has 1 aliphatic rings. The zero-order valence-electron chi connectivity index (χ0n) is 20.3. The number of hydrogen-bond acceptors (Lipinski definition) is 5. The summed E-state index contributed by atoms with van der Waals surface area (Å²) in [6, 6.07) is 12.6. The monoisotopic (exact) mass is 511 g/mol. The van der Waals surface area contributed by atoms with Crippen molar-refractivity contribution in [2.45, 2.75) is 31.7 Å². The number of ether oxygens (including phenoxy) is 1. The maximum Gasteiger partial charge on any atom is 0.290 e. The number of amides is 3. The molecule has 8 nitrogen and oxygen atoms in total. The van der Waals surface area contributed by atoms with E-state index in [4.69, 9.17) is 9.15 Å². The second kappa shape index (κ2) is 11.7. The number of carbonyl (C=O) groups is 3. The molecule has 0 spiro atoms. The summed E-state index contributed by atoms with van der Waals surface area (Å²) in [6.45, 7) is -0.627. The highest BCUT2D eigenvalue weighted by Gasteiger charge is 2.28. The summed E-state index contributed by atoms with van der Waals surface area (Å²) in [7, 11) is 1.72. The van der Waals surface area contributed by atoms with E-state index in [1.807, 2.05) is 0 Å². The smallest absolute Gasteiger partial charge is 0.290 e. The van der Waals surface area contributed by atoms with Crippen molar-refractivity contribution < 1.29 is 32.3 Å². The molecule has 0 saturated heterocycles. The Labute approximate surface area is 212 Å². The lowest BCUT2D eigenvalue weighted by Gasteiger charge is -2.28. The van der Waals surface area contributed by atoms with Crippen LogP contribution in [0.15, 0.2) is 65.3 Å². The van der Waals surface area contributed by atoms with Crippen LogP contribution in [0.4, 0.5) is 14.5 Å². The third-order valence-electron chi connectivity index (χ3n) is 6.21. The van der Waals surface area contributed by atoms with E-state index in [2.05, 4.69) is 5.32 Å². The molecule has 4 rings (SSSR count). The lowest BCUT2D eigenvalue weighted by molar-refractivity contribution is -0.132. The number of carbonyl (C=O) groups excluding carboxylic acids is 3. The van der Waals surface area contributed by atoms with Gasteiger partial charge in [-0.05, 0) is 61.4 Å². The number of halogens is 2. The molecule has 1 aliphatic carbocycles. The molecule has 10 heteroatoms. The van der Waals surface area contributed by atoms with E-state index in [0.717, 1.165) is 42.7 Å². The highest BCUT2D eigenvalue weighted by molar-refractivity contribution is 5.99. The van der Waals surface area contributed by atoms with Crippen LogP contribution in [-0.4, -0.2) is 53.7 Å². The first kappa shape index (κ1) is 25.9. The minimum absolute atomic E-state index is 0.0304. The highest BCUT2D eigenvalue weighted by Crippen LogP contribution is 2.25. The van der Waals surface area contributed by atoms with Gasteiger partial charge in [-0.25, -0.2) is 8.78 Å². The molecule has 3 aromatic rings. The number of benzene rings is 2. The molecule has 2 aromatic carbocycles. The van der Waals surface area contributed by atoms with Gasteiger partial charge in [0.25, 0.3) is 5.91 Å². The molecule has 1 N–H and O–H groups in total. The number of hydrogen-bond donors (Lipinski definition) is 1. The standard InChI is InChI=1S/C27H27F2N3O5/c1-31(19-5-2-3-6-19)26(34)17-32(27(35)24-7-4-14-36-24)16-25(33)30-18-8-10-20(11-9-18)37-21-12-13-22(28)23(29)15-21/h4,7-15,19H,2-3,5-6,16-17H2,1H3,(H,30,33). The van der Waals surface area contributed by atoms with Crippen molar-refractivity contribution in [1.29, 1.82) is 0 Å². The number of nitrogens with one attached hydrogen (secondary N) is 1. The highest BCUT2D eigenvalue weighted by atomic mass is 19.2. The van der Waals surface area contributed by atoms with Crippen LogP contribution in [0.2, 0.25) is 0 Å². The van der Waals surface area contributed by atoms with Crippen molar-refractivity contribution in [3.05, 3.63) is 78.3 Å². The molecule has 0 aliphatic heterocycles. The van der Waals surface area contributed by atoms with Crippen molar-refractivity contribution in [3.63, 3.8) is 0 Å². The van der Waals surface area contributed by atoms with Gasteiger partial charge in [-0.3, -0.25) is 14.4 Å². The van der Waals surface area contributed by atoms with Gasteiger partial charge in [-0.2, -0.15) is 0 Å². The van der Waals surface area contributed by atoms with Gasteiger partial charge in [-0.1, -0.05) is 12.8 Å². The molecule has 1 aromatic heterocycles. The molecule has 37 heavy (non-hydrogen) atoms. The Morgan fingerprint density at radius 3 is 2.32 bits per heavy atom. The third kappa shape index (κ3) is 6.72. The molecular formula is C27H27F2N3O5. The summed E-state index contributed by atoms with van der Waals surface area (Å²) in [4.78, 5) is 41.4. The lowest BCUT2D eigenvalue weighted by Crippen LogP contribution is -2.46. The van der Waals surface area contributed by atoms with Gasteiger partial charge < -0.3 is 24.3 Å². The summed E-state index contributed by atoms with van der Waals surface area (Å²) in [5.74, 6) is -2.83. The molecule has 194 valence electrons. The first-order valence-electron chi connectivity index (χ1n) is 11.9. The molecule has 0 radical (unpaired) electrons. The van der Waals surface area contributed by atoms with Gasteiger partial charge in [0.1, 0.15) is 24.6 Å². The molecule has 0 unspecified atom stereocenters. The van der Waals surface area contributed by atoms with Crippen LogP contribution in [0, 0.1) is 11.6 Å². The zero-order valence-corrected chi connectivity index (χ0v) is 20.3. The first-order chi connectivity index (χ1) is 17.8. The Bertz CT molecular complexity index is 1240. The van der Waals surface area contributed by atoms with E-state index in [9.17, 15) is 23.2 Å². The van der Waals surface area contributed by atoms with Crippen molar-refractivity contribution >= 4 is 23.4 Å². The van der Waals surface area contributed by atoms with E-state index in [1.54, 1.807) is 42.3 Å². The second-order valence-corrected chi connectivity index (χ2v) is 8.83. The van der Waals surface area contributed by atoms with Crippen molar-refractivity contribution in [1.82, 2.24) is 9.80 Å². The van der Waals surface area contributed by atoms with Crippen molar-refractivity contribution in [2.75, 3.05) is 25.5 Å². The number of nitrogens with zero attached hydrogens (tertiary/aromatic N) is 2. The van der Waals surface area contributed by atoms with Crippen LogP contribution in [0.1, 0.15) is 36.2 Å². The van der Waals surface area contributed by atoms with Crippen molar-refractivity contribution in [2.24, 2.45) is 0 Å². The Morgan fingerprint density at radius 2 is 1.68 bits per heavy atom. The predicted octanol–water partition coefficient (Wildman–Crippen LogP) is 4.83. The minimum atomic E-state index is -1.03. The summed E-state index contributed by atoms with van der Waals surface area (Å²) < 4.78 is 37.2. The van der Waals surface area contributed by atoms with E-state index < -0.39 is 23.4 Å². The normalized spacial score (nSPS) is 13.3. The van der Waals surface area contributed by atoms with Crippen LogP contribution in [0.3, 0.4) is 0 Å². The average molecular weight is 512 g/mol. The van der Waals surface area contributed by atoms with Gasteiger partial charge >= 0.3 is 0 Å². The summed E-state index contributed by atoms with van der Waals surface area (Å²) in [5, 5.41) is 2.68. The fourth-order valence-electron chi connectivity index (χ4n) is 4.18. The van der Waals surface area contributed by atoms with Crippen LogP contribution in [-0.2, 0) is 9.59 Å². The number of likely N-dealkylation sites (N-methyl/N-ethyl adjacent to an activating group) is 1. The van der Waals surface area contributed by atoms with Gasteiger partial charge in [0, 0.05) is 24.8 Å². The van der Waals surface area contributed by atoms with Gasteiger partial charge in [-0.15, -0.1) is 0 Å². The molecule has 3 amide bonds. The summed E-state index contributed by atoms with van der Waals surface area (Å²) in [5.41, 5.74) is 0.419. The number of furan rings is 1. The molecule has 1 saturated carbocycles. The average Bonchev–Trinajstić information content (AvgIpc) is 3.61. The summed E-state index contributed by atoms with van der Waals surface area (Å²) in [6.07, 6.45) is 5.31. The van der Waals surface area contributed by atoms with Crippen LogP contribution in [0.5, 0.6) is 11.5 Å². The largest absolute Gasteiger partial charge is 0.459 e. The van der Waals surface area contributed by atoms with Crippen LogP contribution in [0.25, 0.3) is 0 Å². The quantitative estimate of drug-likeness (QED) is 0.444. The Hall–Kier alpha value is -4.21. The maximum absolute atomic E-state index is 13.4. The zero-order chi connectivity index (χ0) is 26.4. The van der Waals surface area contributed by atoms with E-state index in [-0.39, 0.29) is 36.5 Å². The predicted molar refractivity (Wildman–Crippen MR) is 131 cm³/mol. The van der Waals surface area contributed by atoms with Crippen LogP contribution >= 0.6 is 0 Å². The second-order valence-electron chi connectivity index (χ2n) is 8.83. The van der Waals surface area contributed by atoms with E-state index in [1.165, 1.54) is 18.4 Å². The van der Waals surface area contributed by atoms with Crippen LogP contribution < -0.4 is 10.1 Å². The summed E-state index contributed by atoms with van der Waals surface area (Å²) >= 11 is 0. The first-order valence-corrected chi connectivity index (χ1v) is 11.9. The Morgan fingerprint density at radius 1 is 0.973 bits per heavy atom. The topological polar surface area (TPSA) is 92.1 Å². The minimum Gasteiger partial charge on any atom is -0.459 e. The molecular weight excluding hydrogens is 484 g/mol. The lowest BCUT2D eigenvalue weighted by atomic mass is 10.2. The van der Waals surface area contributed by atoms with E-state index >= 15 is 0 Å². The SMILES string of the molecule is CN(C(=O)CN(CC(=O)Nc1ccc(Oc2ccc(F)c(F)c2)cc1)C(=O)c1ccco1)C1CCCC1. The Balaban J connectivity index is 1.38.